The van der Waals surface area contributed by atoms with Gasteiger partial charge >= 0.3 is 0 Å². The molecule has 2 heterocycles. The molecule has 184 valence electrons. The minimum Gasteiger partial charge on any atom is -0.495 e. The summed E-state index contributed by atoms with van der Waals surface area (Å²) in [4.78, 5) is 23.8. The van der Waals surface area contributed by atoms with E-state index in [1.165, 1.54) is 23.5 Å². The van der Waals surface area contributed by atoms with Gasteiger partial charge in [-0.1, -0.05) is 18.2 Å². The van der Waals surface area contributed by atoms with Gasteiger partial charge in [0.2, 0.25) is 5.91 Å². The lowest BCUT2D eigenvalue weighted by atomic mass is 9.97. The SMILES string of the molecule is CCN(c1ccccc1)S(=O)(=O)c1ccc(OC)c(NC(=O)[C@@H]2CCCN(c3cnccn3)C2)c1. The van der Waals surface area contributed by atoms with Crippen molar-refractivity contribution < 1.29 is 17.9 Å². The lowest BCUT2D eigenvalue weighted by Crippen LogP contribution is -2.41. The molecule has 0 saturated carbocycles. The zero-order valence-electron chi connectivity index (χ0n) is 19.8. The van der Waals surface area contributed by atoms with E-state index < -0.39 is 10.0 Å². The first-order valence-electron chi connectivity index (χ1n) is 11.5. The number of amides is 1. The lowest BCUT2D eigenvalue weighted by molar-refractivity contribution is -0.120. The molecule has 9 nitrogen and oxygen atoms in total. The van der Waals surface area contributed by atoms with Gasteiger partial charge in [0.05, 0.1) is 35.5 Å². The number of nitrogens with one attached hydrogen (secondary N) is 1. The molecule has 0 aliphatic carbocycles. The fourth-order valence-corrected chi connectivity index (χ4v) is 5.75. The van der Waals surface area contributed by atoms with Gasteiger partial charge in [-0.2, -0.15) is 0 Å². The second-order valence-electron chi connectivity index (χ2n) is 8.21. The topological polar surface area (TPSA) is 105 Å². The molecule has 1 saturated heterocycles. The summed E-state index contributed by atoms with van der Waals surface area (Å²) in [6, 6.07) is 13.4. The standard InChI is InChI=1S/C25H29N5O4S/c1-3-30(20-9-5-4-6-10-20)35(32,33)21-11-12-23(34-2)22(16-21)28-25(31)19-8-7-15-29(18-19)24-17-26-13-14-27-24/h4-6,9-14,16-17,19H,3,7-8,15,18H2,1-2H3,(H,28,31)/t19-/m1/s1. The molecular weight excluding hydrogens is 466 g/mol. The van der Waals surface area contributed by atoms with Crippen LogP contribution in [0.4, 0.5) is 17.2 Å². The summed E-state index contributed by atoms with van der Waals surface area (Å²) in [5, 5.41) is 2.90. The number of carbonyl (C=O) groups is 1. The zero-order valence-corrected chi connectivity index (χ0v) is 20.6. The summed E-state index contributed by atoms with van der Waals surface area (Å²) in [6.07, 6.45) is 6.49. The lowest BCUT2D eigenvalue weighted by Gasteiger charge is -2.32. The van der Waals surface area contributed by atoms with Crippen molar-refractivity contribution in [1.82, 2.24) is 9.97 Å². The number of ether oxygens (including phenoxy) is 1. The van der Waals surface area contributed by atoms with Gasteiger partial charge in [-0.05, 0) is 50.1 Å². The molecule has 1 aliphatic heterocycles. The second kappa shape index (κ2) is 10.7. The maximum atomic E-state index is 13.5. The molecule has 35 heavy (non-hydrogen) atoms. The van der Waals surface area contributed by atoms with Crippen LogP contribution < -0.4 is 19.3 Å². The second-order valence-corrected chi connectivity index (χ2v) is 10.1. The Morgan fingerprint density at radius 2 is 2.00 bits per heavy atom. The Morgan fingerprint density at radius 1 is 1.20 bits per heavy atom. The molecule has 4 rings (SSSR count). The van der Waals surface area contributed by atoms with Crippen LogP contribution in [-0.2, 0) is 14.8 Å². The Balaban J connectivity index is 1.56. The summed E-state index contributed by atoms with van der Waals surface area (Å²) < 4.78 is 33.7. The molecule has 1 N–H and O–H groups in total. The highest BCUT2D eigenvalue weighted by Crippen LogP contribution is 2.32. The first-order valence-corrected chi connectivity index (χ1v) is 13.0. The van der Waals surface area contributed by atoms with E-state index in [1.807, 2.05) is 11.0 Å². The number of nitrogens with zero attached hydrogens (tertiary/aromatic N) is 4. The smallest absolute Gasteiger partial charge is 0.264 e. The highest BCUT2D eigenvalue weighted by atomic mass is 32.2. The molecule has 0 bridgehead atoms. The van der Waals surface area contributed by atoms with E-state index in [1.54, 1.807) is 55.8 Å². The average molecular weight is 496 g/mol. The maximum absolute atomic E-state index is 13.5. The minimum atomic E-state index is -3.85. The highest BCUT2D eigenvalue weighted by Gasteiger charge is 2.29. The van der Waals surface area contributed by atoms with Crippen LogP contribution in [0.3, 0.4) is 0 Å². The average Bonchev–Trinajstić information content (AvgIpc) is 2.90. The van der Waals surface area contributed by atoms with E-state index in [0.29, 0.717) is 23.7 Å². The van der Waals surface area contributed by atoms with Crippen molar-refractivity contribution in [2.24, 2.45) is 5.92 Å². The van der Waals surface area contributed by atoms with Crippen molar-refractivity contribution >= 4 is 33.1 Å². The number of hydrogen-bond acceptors (Lipinski definition) is 7. The van der Waals surface area contributed by atoms with E-state index in [2.05, 4.69) is 15.3 Å². The molecule has 1 atom stereocenters. The fraction of sp³-hybridized carbons (Fsp3) is 0.320. The third-order valence-corrected chi connectivity index (χ3v) is 7.91. The number of benzene rings is 2. The number of aromatic nitrogens is 2. The molecule has 0 radical (unpaired) electrons. The quantitative estimate of drug-likeness (QED) is 0.509. The summed E-state index contributed by atoms with van der Waals surface area (Å²) in [5.41, 5.74) is 0.891. The van der Waals surface area contributed by atoms with E-state index in [4.69, 9.17) is 4.74 Å². The largest absolute Gasteiger partial charge is 0.495 e. The van der Waals surface area contributed by atoms with Gasteiger partial charge in [0.25, 0.3) is 10.0 Å². The Bertz CT molecular complexity index is 1260. The van der Waals surface area contributed by atoms with Crippen molar-refractivity contribution in [3.05, 3.63) is 67.1 Å². The number of carbonyl (C=O) groups excluding carboxylic acids is 1. The van der Waals surface area contributed by atoms with Crippen LogP contribution >= 0.6 is 0 Å². The van der Waals surface area contributed by atoms with Gasteiger partial charge in [-0.25, -0.2) is 13.4 Å². The predicted molar refractivity (Wildman–Crippen MR) is 135 cm³/mol. The minimum absolute atomic E-state index is 0.0733. The van der Waals surface area contributed by atoms with E-state index in [0.717, 1.165) is 25.2 Å². The number of rotatable bonds is 8. The van der Waals surface area contributed by atoms with Crippen LogP contribution in [0.2, 0.25) is 0 Å². The van der Waals surface area contributed by atoms with Crippen LogP contribution in [0.5, 0.6) is 5.75 Å². The molecule has 1 fully saturated rings. The predicted octanol–water partition coefficient (Wildman–Crippen LogP) is 3.56. The fourth-order valence-electron chi connectivity index (χ4n) is 4.25. The molecule has 0 unspecified atom stereocenters. The third kappa shape index (κ3) is 5.37. The zero-order chi connectivity index (χ0) is 24.8. The number of methoxy groups -OCH3 is 1. The molecule has 1 amide bonds. The number of anilines is 3. The van der Waals surface area contributed by atoms with E-state index in [-0.39, 0.29) is 23.3 Å². The van der Waals surface area contributed by atoms with Crippen LogP contribution in [-0.4, -0.2) is 51.0 Å². The molecular formula is C25H29N5O4S. The van der Waals surface area contributed by atoms with Gasteiger partial charge in [0.15, 0.2) is 0 Å². The van der Waals surface area contributed by atoms with Gasteiger partial charge in [-0.3, -0.25) is 14.1 Å². The molecule has 2 aromatic carbocycles. The monoisotopic (exact) mass is 495 g/mol. The van der Waals surface area contributed by atoms with E-state index >= 15 is 0 Å². The first-order chi connectivity index (χ1) is 16.9. The Labute approximate surface area is 205 Å². The Hall–Kier alpha value is -3.66. The highest BCUT2D eigenvalue weighted by molar-refractivity contribution is 7.92. The van der Waals surface area contributed by atoms with Crippen LogP contribution in [0, 0.1) is 5.92 Å². The van der Waals surface area contributed by atoms with Crippen molar-refractivity contribution in [3.63, 3.8) is 0 Å². The van der Waals surface area contributed by atoms with Crippen LogP contribution in [0.25, 0.3) is 0 Å². The summed E-state index contributed by atoms with van der Waals surface area (Å²) >= 11 is 0. The Morgan fingerprint density at radius 3 is 2.69 bits per heavy atom. The normalized spacial score (nSPS) is 15.9. The molecule has 10 heteroatoms. The maximum Gasteiger partial charge on any atom is 0.264 e. The molecule has 3 aromatic rings. The number of piperidine rings is 1. The number of hydrogen-bond donors (Lipinski definition) is 1. The van der Waals surface area contributed by atoms with Gasteiger partial charge < -0.3 is 15.0 Å². The van der Waals surface area contributed by atoms with Crippen LogP contribution in [0.15, 0.2) is 72.0 Å². The van der Waals surface area contributed by atoms with Gasteiger partial charge in [-0.15, -0.1) is 0 Å². The van der Waals surface area contributed by atoms with Crippen molar-refractivity contribution in [2.75, 3.05) is 41.3 Å². The van der Waals surface area contributed by atoms with Crippen LogP contribution in [0.1, 0.15) is 19.8 Å². The third-order valence-electron chi connectivity index (χ3n) is 6.01. The number of para-hydroxylation sites is 1. The summed E-state index contributed by atoms with van der Waals surface area (Å²) in [6.45, 7) is 3.34. The number of sulfonamides is 1. The van der Waals surface area contributed by atoms with Crippen molar-refractivity contribution in [2.45, 2.75) is 24.7 Å². The summed E-state index contributed by atoms with van der Waals surface area (Å²) in [5.74, 6) is 0.645. The van der Waals surface area contributed by atoms with Gasteiger partial charge in [0, 0.05) is 32.0 Å². The first kappa shape index (κ1) is 24.5. The van der Waals surface area contributed by atoms with E-state index in [9.17, 15) is 13.2 Å². The van der Waals surface area contributed by atoms with Crippen molar-refractivity contribution in [1.29, 1.82) is 0 Å². The molecule has 0 spiro atoms. The summed E-state index contributed by atoms with van der Waals surface area (Å²) in [7, 11) is -2.37. The van der Waals surface area contributed by atoms with Gasteiger partial charge in [0.1, 0.15) is 11.6 Å². The van der Waals surface area contributed by atoms with Crippen molar-refractivity contribution in [3.8, 4) is 5.75 Å². The molecule has 1 aromatic heterocycles. The Kier molecular flexibility index (Phi) is 7.50. The molecule has 1 aliphatic rings.